The highest BCUT2D eigenvalue weighted by Gasteiger charge is 2.33. The first kappa shape index (κ1) is 56.1. The molecular formula is C62H53BrCl4N4O6. The van der Waals surface area contributed by atoms with Crippen LogP contribution in [0.25, 0.3) is 0 Å². The first-order valence-electron chi connectivity index (χ1n) is 24.3. The average molecular weight is 1170 g/mol. The number of aliphatic imine (C=N–C) groups is 2. The third-order valence-electron chi connectivity index (χ3n) is 12.7. The topological polar surface area (TPSA) is 102 Å². The van der Waals surface area contributed by atoms with Crippen molar-refractivity contribution in [1.82, 2.24) is 0 Å². The van der Waals surface area contributed by atoms with Crippen LogP contribution in [-0.2, 0) is 34.4 Å². The van der Waals surface area contributed by atoms with Crippen LogP contribution < -0.4 is 28.7 Å². The molecule has 8 aromatic carbocycles. The highest BCUT2D eigenvalue weighted by Crippen LogP contribution is 2.35. The van der Waals surface area contributed by atoms with Gasteiger partial charge in [-0.1, -0.05) is 123 Å². The molecule has 0 spiro atoms. The maximum atomic E-state index is 14.2. The number of hydrogen-bond donors (Lipinski definition) is 0. The second-order valence-electron chi connectivity index (χ2n) is 17.6. The van der Waals surface area contributed by atoms with Crippen LogP contribution in [0.3, 0.4) is 0 Å². The summed E-state index contributed by atoms with van der Waals surface area (Å²) in [6.07, 6.45) is 0.360. The molecule has 8 aromatic rings. The van der Waals surface area contributed by atoms with E-state index in [4.69, 9.17) is 70.3 Å². The smallest absolute Gasteiger partial charge is 0.252 e. The molecular weight excluding hydrogens is 1120 g/mol. The van der Waals surface area contributed by atoms with Crippen LogP contribution in [0.2, 0.25) is 20.1 Å². The predicted molar refractivity (Wildman–Crippen MR) is 316 cm³/mol. The van der Waals surface area contributed by atoms with Crippen LogP contribution in [0.15, 0.2) is 192 Å². The van der Waals surface area contributed by atoms with E-state index >= 15 is 0 Å². The highest BCUT2D eigenvalue weighted by atomic mass is 79.9. The molecule has 0 saturated carbocycles. The van der Waals surface area contributed by atoms with E-state index in [-0.39, 0.29) is 18.4 Å². The molecule has 0 saturated heterocycles. The number of hydrogen-bond acceptors (Lipinski definition) is 8. The summed E-state index contributed by atoms with van der Waals surface area (Å²) in [7, 11) is 6.52. The Balaban J connectivity index is 0.000000178. The lowest BCUT2D eigenvalue weighted by molar-refractivity contribution is -0.120. The number of anilines is 2. The Morgan fingerprint density at radius 2 is 0.922 bits per heavy atom. The fourth-order valence-electron chi connectivity index (χ4n) is 8.65. The lowest BCUT2D eigenvalue weighted by Gasteiger charge is -2.26. The fraction of sp³-hybridized carbons (Fsp3) is 0.161. The maximum Gasteiger partial charge on any atom is 0.252 e. The summed E-state index contributed by atoms with van der Waals surface area (Å²) in [4.78, 5) is 40.5. The van der Waals surface area contributed by atoms with Crippen molar-refractivity contribution < 1.29 is 28.5 Å². The molecule has 392 valence electrons. The number of ether oxygens (including phenoxy) is 4. The van der Waals surface area contributed by atoms with Crippen LogP contribution in [0, 0.1) is 0 Å². The van der Waals surface area contributed by atoms with Gasteiger partial charge in [-0.25, -0.2) is 0 Å². The lowest BCUT2D eigenvalue weighted by Crippen LogP contribution is -2.38. The normalized spacial score (nSPS) is 13.7. The molecule has 10 rings (SSSR count). The molecule has 0 aromatic heterocycles. The van der Waals surface area contributed by atoms with Crippen molar-refractivity contribution in [2.75, 3.05) is 44.8 Å². The van der Waals surface area contributed by atoms with E-state index in [1.165, 1.54) is 0 Å². The van der Waals surface area contributed by atoms with E-state index in [1.54, 1.807) is 50.4 Å². The quantitative estimate of drug-likeness (QED) is 0.107. The van der Waals surface area contributed by atoms with E-state index in [0.29, 0.717) is 40.3 Å². The minimum atomic E-state index is -0.698. The molecule has 1 atom stereocenters. The molecule has 10 nitrogen and oxygen atoms in total. The van der Waals surface area contributed by atoms with Gasteiger partial charge in [0.1, 0.15) is 35.6 Å². The van der Waals surface area contributed by atoms with E-state index in [9.17, 15) is 9.59 Å². The summed E-state index contributed by atoms with van der Waals surface area (Å²) in [5, 5.41) is 3.41. The zero-order valence-electron chi connectivity index (χ0n) is 42.6. The number of benzene rings is 8. The van der Waals surface area contributed by atoms with Gasteiger partial charge in [0.05, 0.1) is 64.3 Å². The largest absolute Gasteiger partial charge is 0.497 e. The standard InChI is InChI=1S/C31H26Cl2N2O3.C24H21ClN2O3.C7H6BrCl/c1-37-24-12-7-20(8-13-24)19-35-29-16-11-23(32)18-26(29)30(21-9-14-25(38-2)15-10-21)34-28(31(35)36)17-22-5-3-4-6-27(22)33;1-29-19-8-3-16(4-9-19)15-27-22-12-7-18(25)13-21(22)24(26-14-23(27)28)17-5-10-20(30-2)11-6-17;8-5-6-3-1-2-4-7(6)9/h3-16,18,28H,17,19H2,1-2H3;3-13H,14-15H2,1-2H3;1-4H,5H2. The minimum Gasteiger partial charge on any atom is -0.497 e. The summed E-state index contributed by atoms with van der Waals surface area (Å²) in [6, 6.07) is 56.4. The molecule has 15 heteroatoms. The molecule has 0 radical (unpaired) electrons. The van der Waals surface area contributed by atoms with Crippen molar-refractivity contribution in [1.29, 1.82) is 0 Å². The number of carbonyl (C=O) groups is 2. The predicted octanol–water partition coefficient (Wildman–Crippen LogP) is 15.0. The van der Waals surface area contributed by atoms with Gasteiger partial charge >= 0.3 is 0 Å². The van der Waals surface area contributed by atoms with Gasteiger partial charge in [0.15, 0.2) is 0 Å². The molecule has 0 aliphatic carbocycles. The minimum absolute atomic E-state index is 0.0593. The SMILES string of the molecule is COc1ccc(CN2C(=O)C(Cc3ccccc3Cl)N=C(c3ccc(OC)cc3)c3cc(Cl)ccc32)cc1.COc1ccc(CN2C(=O)CN=C(c3ccc(OC)cc3)c3cc(Cl)ccc32)cc1.Clc1ccccc1CBr. The Kier molecular flexibility index (Phi) is 19.5. The Labute approximate surface area is 477 Å². The van der Waals surface area contributed by atoms with Crippen LogP contribution in [0.1, 0.15) is 44.5 Å². The van der Waals surface area contributed by atoms with Crippen molar-refractivity contribution in [2.24, 2.45) is 9.98 Å². The number of carbonyl (C=O) groups excluding carboxylic acids is 2. The second-order valence-corrected chi connectivity index (χ2v) is 19.8. The number of fused-ring (bicyclic) bond motifs is 2. The van der Waals surface area contributed by atoms with Crippen molar-refractivity contribution in [3.63, 3.8) is 0 Å². The number of rotatable bonds is 13. The van der Waals surface area contributed by atoms with Gasteiger partial charge in [-0.15, -0.1) is 0 Å². The lowest BCUT2D eigenvalue weighted by atomic mass is 9.99. The highest BCUT2D eigenvalue weighted by molar-refractivity contribution is 9.08. The molecule has 77 heavy (non-hydrogen) atoms. The van der Waals surface area contributed by atoms with Crippen molar-refractivity contribution in [2.45, 2.75) is 30.9 Å². The summed E-state index contributed by atoms with van der Waals surface area (Å²) in [5.74, 6) is 2.84. The molecule has 2 amide bonds. The van der Waals surface area contributed by atoms with Crippen molar-refractivity contribution in [3.8, 4) is 23.0 Å². The summed E-state index contributed by atoms with van der Waals surface area (Å²) in [5.41, 5.74) is 10.3. The van der Waals surface area contributed by atoms with Gasteiger partial charge in [-0.2, -0.15) is 0 Å². The number of benzodiazepines with no additional fused rings is 2. The van der Waals surface area contributed by atoms with E-state index < -0.39 is 6.04 Å². The third kappa shape index (κ3) is 14.1. The van der Waals surface area contributed by atoms with Gasteiger partial charge in [0, 0.05) is 54.1 Å². The monoisotopic (exact) mass is 1170 g/mol. The molecule has 2 heterocycles. The molecule has 0 bridgehead atoms. The molecule has 2 aliphatic rings. The third-order valence-corrected chi connectivity index (χ3v) is 14.5. The van der Waals surface area contributed by atoms with Gasteiger partial charge in [0.2, 0.25) is 5.91 Å². The Morgan fingerprint density at radius 3 is 1.38 bits per heavy atom. The maximum absolute atomic E-state index is 14.2. The number of nitrogens with zero attached hydrogens (tertiary/aromatic N) is 4. The summed E-state index contributed by atoms with van der Waals surface area (Å²) in [6.45, 7) is 0.856. The second kappa shape index (κ2) is 26.8. The first-order valence-corrected chi connectivity index (χ1v) is 26.9. The van der Waals surface area contributed by atoms with Crippen LogP contribution >= 0.6 is 62.3 Å². The number of methoxy groups -OCH3 is 4. The van der Waals surface area contributed by atoms with Gasteiger partial charge in [-0.05, 0) is 144 Å². The number of halogens is 5. The average Bonchev–Trinajstić information content (AvgIpc) is 3.67. The van der Waals surface area contributed by atoms with E-state index in [1.807, 2.05) is 170 Å². The van der Waals surface area contributed by atoms with Crippen LogP contribution in [-0.4, -0.2) is 64.3 Å². The molecule has 2 aliphatic heterocycles. The van der Waals surface area contributed by atoms with Gasteiger partial charge < -0.3 is 28.7 Å². The van der Waals surface area contributed by atoms with Crippen molar-refractivity contribution in [3.05, 3.63) is 247 Å². The van der Waals surface area contributed by atoms with Crippen molar-refractivity contribution >= 4 is 96.9 Å². The molecule has 0 fully saturated rings. The Hall–Kier alpha value is -7.12. The number of amides is 2. The van der Waals surface area contributed by atoms with Gasteiger partial charge in [-0.3, -0.25) is 19.6 Å². The Morgan fingerprint density at radius 1 is 0.506 bits per heavy atom. The van der Waals surface area contributed by atoms with Crippen LogP contribution in [0.4, 0.5) is 11.4 Å². The van der Waals surface area contributed by atoms with E-state index in [0.717, 1.165) is 94.9 Å². The zero-order valence-corrected chi connectivity index (χ0v) is 47.2. The Bertz CT molecular complexity index is 3400. The number of alkyl halides is 1. The van der Waals surface area contributed by atoms with Gasteiger partial charge in [0.25, 0.3) is 5.91 Å². The summed E-state index contributed by atoms with van der Waals surface area (Å²) >= 11 is 28.4. The zero-order chi connectivity index (χ0) is 54.4. The fourth-order valence-corrected chi connectivity index (χ4v) is 10.1. The summed E-state index contributed by atoms with van der Waals surface area (Å²) < 4.78 is 21.1. The molecule has 1 unspecified atom stereocenters. The first-order chi connectivity index (χ1) is 37.4. The van der Waals surface area contributed by atoms with Crippen LogP contribution in [0.5, 0.6) is 23.0 Å². The van der Waals surface area contributed by atoms with E-state index in [2.05, 4.69) is 20.9 Å². The molecule has 0 N–H and O–H groups in total.